The van der Waals surface area contributed by atoms with E-state index in [0.29, 0.717) is 17.7 Å². The number of rotatable bonds is 5. The summed E-state index contributed by atoms with van der Waals surface area (Å²) < 4.78 is 43.3. The average molecular weight is 379 g/mol. The fourth-order valence-electron chi connectivity index (χ4n) is 2.39. The van der Waals surface area contributed by atoms with Gasteiger partial charge in [-0.15, -0.1) is 11.3 Å². The molecular weight excluding hydrogens is 367 g/mol. The third-order valence-electron chi connectivity index (χ3n) is 3.61. The molecule has 0 aliphatic heterocycles. The number of hydrogen-bond acceptors (Lipinski definition) is 4. The van der Waals surface area contributed by atoms with Crippen molar-refractivity contribution >= 4 is 17.0 Å². The number of alkyl halides is 3. The van der Waals surface area contributed by atoms with Crippen LogP contribution in [0.2, 0.25) is 0 Å². The summed E-state index contributed by atoms with van der Waals surface area (Å²) in [5.41, 5.74) is -0.327. The number of nitro groups is 1. The van der Waals surface area contributed by atoms with E-state index in [1.54, 1.807) is 0 Å². The lowest BCUT2D eigenvalue weighted by molar-refractivity contribution is -0.385. The molecule has 0 bridgehead atoms. The second-order valence-corrected chi connectivity index (χ2v) is 6.46. The number of benzene rings is 2. The van der Waals surface area contributed by atoms with Gasteiger partial charge in [0.25, 0.3) is 5.69 Å². The molecule has 0 aliphatic rings. The molecular formula is C18H12F3NO3S. The van der Waals surface area contributed by atoms with Gasteiger partial charge < -0.3 is 4.74 Å². The second kappa shape index (κ2) is 7.17. The van der Waals surface area contributed by atoms with Crippen molar-refractivity contribution < 1.29 is 22.8 Å². The minimum atomic E-state index is -4.42. The topological polar surface area (TPSA) is 52.4 Å². The zero-order valence-corrected chi connectivity index (χ0v) is 14.0. The van der Waals surface area contributed by atoms with Gasteiger partial charge >= 0.3 is 6.18 Å². The highest BCUT2D eigenvalue weighted by molar-refractivity contribution is 7.09. The Morgan fingerprint density at radius 2 is 1.73 bits per heavy atom. The summed E-state index contributed by atoms with van der Waals surface area (Å²) in [6, 6.07) is 12.3. The van der Waals surface area contributed by atoms with Gasteiger partial charge in [0.2, 0.25) is 0 Å². The van der Waals surface area contributed by atoms with Gasteiger partial charge in [0, 0.05) is 22.9 Å². The smallest absolute Gasteiger partial charge is 0.416 e. The first-order valence-electron chi connectivity index (χ1n) is 7.48. The number of thiophene rings is 1. The summed E-state index contributed by atoms with van der Waals surface area (Å²) in [7, 11) is 0. The van der Waals surface area contributed by atoms with Crippen LogP contribution in [0, 0.1) is 10.1 Å². The fraction of sp³-hybridized carbons (Fsp3) is 0.111. The van der Waals surface area contributed by atoms with Crippen LogP contribution < -0.4 is 4.74 Å². The molecule has 26 heavy (non-hydrogen) atoms. The van der Waals surface area contributed by atoms with Crippen molar-refractivity contribution in [1.29, 1.82) is 0 Å². The lowest BCUT2D eigenvalue weighted by Gasteiger charge is -2.10. The zero-order valence-electron chi connectivity index (χ0n) is 13.2. The van der Waals surface area contributed by atoms with Gasteiger partial charge in [0.15, 0.2) is 0 Å². The molecule has 3 aromatic rings. The van der Waals surface area contributed by atoms with Gasteiger partial charge in [0.05, 0.1) is 10.5 Å². The minimum Gasteiger partial charge on any atom is -0.457 e. The summed E-state index contributed by atoms with van der Waals surface area (Å²) in [4.78, 5) is 11.7. The van der Waals surface area contributed by atoms with Crippen LogP contribution in [0.1, 0.15) is 16.0 Å². The van der Waals surface area contributed by atoms with E-state index in [9.17, 15) is 23.3 Å². The summed E-state index contributed by atoms with van der Waals surface area (Å²) in [6.45, 7) is 0. The maximum atomic E-state index is 12.6. The SMILES string of the molecule is O=[N+]([O-])c1ccc(Oc2ccc(C(F)(F)F)cc2)cc1Cc1cccs1. The molecule has 4 nitrogen and oxygen atoms in total. The van der Waals surface area contributed by atoms with Crippen molar-refractivity contribution in [2.24, 2.45) is 0 Å². The van der Waals surface area contributed by atoms with Crippen LogP contribution in [-0.4, -0.2) is 4.92 Å². The Kier molecular flexibility index (Phi) is 4.94. The molecule has 2 aromatic carbocycles. The average Bonchev–Trinajstić information content (AvgIpc) is 3.07. The van der Waals surface area contributed by atoms with Crippen LogP contribution >= 0.6 is 11.3 Å². The third kappa shape index (κ3) is 4.20. The molecule has 134 valence electrons. The summed E-state index contributed by atoms with van der Waals surface area (Å²) in [6.07, 6.45) is -4.04. The van der Waals surface area contributed by atoms with Crippen molar-refractivity contribution in [3.8, 4) is 11.5 Å². The molecule has 0 aliphatic carbocycles. The molecule has 0 fully saturated rings. The predicted octanol–water partition coefficient (Wildman–Crippen LogP) is 6.06. The molecule has 0 saturated carbocycles. The second-order valence-electron chi connectivity index (χ2n) is 5.43. The first-order valence-corrected chi connectivity index (χ1v) is 8.36. The summed E-state index contributed by atoms with van der Waals surface area (Å²) >= 11 is 1.48. The van der Waals surface area contributed by atoms with Gasteiger partial charge in [-0.25, -0.2) is 0 Å². The van der Waals surface area contributed by atoms with E-state index in [4.69, 9.17) is 4.74 Å². The quantitative estimate of drug-likeness (QED) is 0.400. The largest absolute Gasteiger partial charge is 0.457 e. The van der Waals surface area contributed by atoms with Crippen molar-refractivity contribution in [2.75, 3.05) is 0 Å². The Morgan fingerprint density at radius 3 is 2.31 bits per heavy atom. The molecule has 0 amide bonds. The van der Waals surface area contributed by atoms with Crippen molar-refractivity contribution in [3.63, 3.8) is 0 Å². The first-order chi connectivity index (χ1) is 12.3. The molecule has 0 atom stereocenters. The lowest BCUT2D eigenvalue weighted by Crippen LogP contribution is -2.04. The number of halogens is 3. The molecule has 0 saturated heterocycles. The van der Waals surface area contributed by atoms with Crippen LogP contribution in [0.3, 0.4) is 0 Å². The van der Waals surface area contributed by atoms with E-state index >= 15 is 0 Å². The summed E-state index contributed by atoms with van der Waals surface area (Å²) in [5, 5.41) is 13.1. The molecule has 0 spiro atoms. The van der Waals surface area contributed by atoms with E-state index in [-0.39, 0.29) is 11.4 Å². The van der Waals surface area contributed by atoms with Crippen molar-refractivity contribution in [3.05, 3.63) is 86.1 Å². The van der Waals surface area contributed by atoms with Gasteiger partial charge in [-0.2, -0.15) is 13.2 Å². The highest BCUT2D eigenvalue weighted by atomic mass is 32.1. The van der Waals surface area contributed by atoms with Crippen LogP contribution in [0.5, 0.6) is 11.5 Å². The van der Waals surface area contributed by atoms with Gasteiger partial charge in [-0.3, -0.25) is 10.1 Å². The Balaban J connectivity index is 1.85. The monoisotopic (exact) mass is 379 g/mol. The Morgan fingerprint density at radius 1 is 1.04 bits per heavy atom. The van der Waals surface area contributed by atoms with Gasteiger partial charge in [-0.1, -0.05) is 6.07 Å². The van der Waals surface area contributed by atoms with Crippen LogP contribution in [0.4, 0.5) is 18.9 Å². The van der Waals surface area contributed by atoms with Crippen molar-refractivity contribution in [2.45, 2.75) is 12.6 Å². The normalized spacial score (nSPS) is 11.3. The van der Waals surface area contributed by atoms with E-state index in [1.165, 1.54) is 41.7 Å². The summed E-state index contributed by atoms with van der Waals surface area (Å²) in [5.74, 6) is 0.538. The van der Waals surface area contributed by atoms with E-state index < -0.39 is 16.7 Å². The Bertz CT molecular complexity index is 906. The van der Waals surface area contributed by atoms with E-state index in [1.807, 2.05) is 17.5 Å². The highest BCUT2D eigenvalue weighted by Gasteiger charge is 2.30. The molecule has 0 unspecified atom stereocenters. The first kappa shape index (κ1) is 17.9. The molecule has 1 heterocycles. The van der Waals surface area contributed by atoms with Crippen LogP contribution in [0.25, 0.3) is 0 Å². The van der Waals surface area contributed by atoms with Crippen LogP contribution in [-0.2, 0) is 12.6 Å². The standard InChI is InChI=1S/C18H12F3NO3S/c19-18(20,21)13-3-5-14(6-4-13)25-15-7-8-17(22(23)24)12(10-15)11-16-2-1-9-26-16/h1-10H,11H2. The number of ether oxygens (including phenoxy) is 1. The molecule has 3 rings (SSSR count). The molecule has 0 N–H and O–H groups in total. The van der Waals surface area contributed by atoms with Gasteiger partial charge in [-0.05, 0) is 47.8 Å². The zero-order chi connectivity index (χ0) is 18.7. The number of nitro benzene ring substituents is 1. The van der Waals surface area contributed by atoms with Crippen molar-refractivity contribution in [1.82, 2.24) is 0 Å². The lowest BCUT2D eigenvalue weighted by atomic mass is 10.1. The Labute approximate surface area is 150 Å². The highest BCUT2D eigenvalue weighted by Crippen LogP contribution is 2.33. The third-order valence-corrected chi connectivity index (χ3v) is 4.49. The minimum absolute atomic E-state index is 0.0295. The molecule has 0 radical (unpaired) electrons. The maximum Gasteiger partial charge on any atom is 0.416 e. The Hall–Kier alpha value is -2.87. The van der Waals surface area contributed by atoms with E-state index in [2.05, 4.69) is 0 Å². The van der Waals surface area contributed by atoms with Gasteiger partial charge in [0.1, 0.15) is 11.5 Å². The van der Waals surface area contributed by atoms with E-state index in [0.717, 1.165) is 17.0 Å². The predicted molar refractivity (Wildman–Crippen MR) is 91.7 cm³/mol. The molecule has 1 aromatic heterocycles. The van der Waals surface area contributed by atoms with Crippen LogP contribution in [0.15, 0.2) is 60.0 Å². The number of nitrogens with zero attached hydrogens (tertiary/aromatic N) is 1. The fourth-order valence-corrected chi connectivity index (χ4v) is 3.12. The number of hydrogen-bond donors (Lipinski definition) is 0. The molecule has 8 heteroatoms. The maximum absolute atomic E-state index is 12.6.